The lowest BCUT2D eigenvalue weighted by Crippen LogP contribution is -2.54. The molecule has 0 saturated carbocycles. The molecule has 1 aromatic carbocycles. The number of benzene rings is 1. The molecule has 1 atom stereocenters. The Morgan fingerprint density at radius 3 is 2.05 bits per heavy atom. The zero-order valence-corrected chi connectivity index (χ0v) is 16.2. The maximum absolute atomic E-state index is 6.47. The Labute approximate surface area is 133 Å². The zero-order chi connectivity index (χ0) is 14.7. The van der Waals surface area contributed by atoms with Crippen LogP contribution in [0.25, 0.3) is 0 Å². The minimum Gasteiger partial charge on any atom is -0.393 e. The van der Waals surface area contributed by atoms with Gasteiger partial charge in [0, 0.05) is 12.6 Å². The van der Waals surface area contributed by atoms with Crippen LogP contribution in [0.1, 0.15) is 5.56 Å². The first-order chi connectivity index (χ1) is 8.74. The van der Waals surface area contributed by atoms with Crippen LogP contribution >= 0.6 is 31.9 Å². The van der Waals surface area contributed by atoms with Gasteiger partial charge in [-0.2, -0.15) is 5.06 Å². The summed E-state index contributed by atoms with van der Waals surface area (Å²) >= 11 is 7.24. The van der Waals surface area contributed by atoms with Gasteiger partial charge in [-0.1, -0.05) is 62.2 Å². The second-order valence-corrected chi connectivity index (χ2v) is 12.7. The number of hydrogen-bond acceptors (Lipinski definition) is 3. The average Bonchev–Trinajstić information content (AvgIpc) is 2.34. The predicted octanol–water partition coefficient (Wildman–Crippen LogP) is 4.30. The van der Waals surface area contributed by atoms with Crippen molar-refractivity contribution >= 4 is 40.2 Å². The van der Waals surface area contributed by atoms with Gasteiger partial charge in [0.25, 0.3) is 0 Å². The molecule has 0 amide bonds. The van der Waals surface area contributed by atoms with E-state index in [0.717, 1.165) is 5.56 Å². The van der Waals surface area contributed by atoms with Gasteiger partial charge in [0.1, 0.15) is 3.74 Å². The van der Waals surface area contributed by atoms with Gasteiger partial charge in [-0.05, 0) is 19.6 Å². The van der Waals surface area contributed by atoms with Gasteiger partial charge in [-0.3, -0.25) is 4.84 Å². The maximum Gasteiger partial charge on any atom is 0.186 e. The van der Waals surface area contributed by atoms with Crippen molar-refractivity contribution in [2.75, 3.05) is 14.2 Å². The second-order valence-electron chi connectivity index (χ2n) is 5.26. The van der Waals surface area contributed by atoms with E-state index in [1.165, 1.54) is 0 Å². The Bertz CT molecular complexity index is 397. The molecule has 19 heavy (non-hydrogen) atoms. The van der Waals surface area contributed by atoms with Crippen molar-refractivity contribution in [1.82, 2.24) is 5.06 Å². The minimum atomic E-state index is -1.80. The highest BCUT2D eigenvalue weighted by Crippen LogP contribution is 2.42. The summed E-state index contributed by atoms with van der Waals surface area (Å²) in [6, 6.07) is 10.1. The average molecular weight is 411 g/mol. The Kier molecular flexibility index (Phi) is 6.22. The topological polar surface area (TPSA) is 21.7 Å². The van der Waals surface area contributed by atoms with Crippen LogP contribution in [-0.2, 0) is 15.0 Å². The highest BCUT2D eigenvalue weighted by Gasteiger charge is 2.47. The van der Waals surface area contributed by atoms with Gasteiger partial charge >= 0.3 is 0 Å². The smallest absolute Gasteiger partial charge is 0.186 e. The minimum absolute atomic E-state index is 0.105. The fourth-order valence-electron chi connectivity index (χ4n) is 1.89. The molecule has 0 aliphatic rings. The molecule has 1 rings (SSSR count). The summed E-state index contributed by atoms with van der Waals surface area (Å²) in [5.74, 6) is 0. The fourth-order valence-corrected chi connectivity index (χ4v) is 4.83. The molecule has 0 saturated heterocycles. The van der Waals surface area contributed by atoms with Gasteiger partial charge in [-0.25, -0.2) is 0 Å². The first-order valence-corrected chi connectivity index (χ1v) is 11.3. The lowest BCUT2D eigenvalue weighted by Gasteiger charge is -2.45. The SMILES string of the molecule is CON(C)C(O[Si](C)(C)C)(c1ccccc1)C(Br)Br. The fraction of sp³-hybridized carbons (Fsp3) is 0.538. The van der Waals surface area contributed by atoms with Crippen LogP contribution < -0.4 is 0 Å². The highest BCUT2D eigenvalue weighted by molar-refractivity contribution is 9.24. The highest BCUT2D eigenvalue weighted by atomic mass is 79.9. The molecular weight excluding hydrogens is 390 g/mol. The molecule has 0 aliphatic carbocycles. The van der Waals surface area contributed by atoms with Gasteiger partial charge in [-0.15, -0.1) is 0 Å². The third-order valence-electron chi connectivity index (χ3n) is 2.69. The Balaban J connectivity index is 3.36. The predicted molar refractivity (Wildman–Crippen MR) is 89.0 cm³/mol. The van der Waals surface area contributed by atoms with Crippen molar-refractivity contribution in [3.63, 3.8) is 0 Å². The molecular formula is C13H21Br2NO2Si. The number of halogens is 2. The molecule has 3 nitrogen and oxygen atoms in total. The normalized spacial score (nSPS) is 15.8. The summed E-state index contributed by atoms with van der Waals surface area (Å²) in [6.07, 6.45) is 0. The first-order valence-electron chi connectivity index (χ1n) is 6.06. The van der Waals surface area contributed by atoms with Crippen molar-refractivity contribution in [3.8, 4) is 0 Å². The lowest BCUT2D eigenvalue weighted by molar-refractivity contribution is -0.255. The summed E-state index contributed by atoms with van der Waals surface area (Å²) in [4.78, 5) is 5.45. The zero-order valence-electron chi connectivity index (χ0n) is 12.0. The van der Waals surface area contributed by atoms with Gasteiger partial charge in [0.05, 0.1) is 7.11 Å². The number of hydroxylamine groups is 2. The molecule has 0 N–H and O–H groups in total. The first kappa shape index (κ1) is 17.3. The van der Waals surface area contributed by atoms with E-state index in [4.69, 9.17) is 9.26 Å². The van der Waals surface area contributed by atoms with Crippen molar-refractivity contribution in [2.45, 2.75) is 29.1 Å². The summed E-state index contributed by atoms with van der Waals surface area (Å²) in [5, 5.41) is 1.74. The Hall–Kier alpha value is 0.277. The van der Waals surface area contributed by atoms with E-state index in [-0.39, 0.29) is 3.74 Å². The quantitative estimate of drug-likeness (QED) is 0.302. The maximum atomic E-state index is 6.47. The molecule has 0 fully saturated rings. The summed E-state index contributed by atoms with van der Waals surface area (Å²) in [6.45, 7) is 6.49. The molecule has 0 aromatic heterocycles. The van der Waals surface area contributed by atoms with Crippen LogP contribution in [0.4, 0.5) is 0 Å². The number of rotatable bonds is 6. The van der Waals surface area contributed by atoms with E-state index in [1.54, 1.807) is 12.2 Å². The molecule has 0 heterocycles. The molecule has 0 spiro atoms. The van der Waals surface area contributed by atoms with E-state index in [1.807, 2.05) is 37.4 Å². The van der Waals surface area contributed by atoms with E-state index in [9.17, 15) is 0 Å². The van der Waals surface area contributed by atoms with Crippen LogP contribution in [-0.4, -0.2) is 31.3 Å². The van der Waals surface area contributed by atoms with Crippen LogP contribution in [0, 0.1) is 0 Å². The second kappa shape index (κ2) is 6.82. The van der Waals surface area contributed by atoms with Gasteiger partial charge in [0.2, 0.25) is 0 Å². The van der Waals surface area contributed by atoms with Crippen LogP contribution in [0.5, 0.6) is 0 Å². The van der Waals surface area contributed by atoms with Crippen molar-refractivity contribution in [2.24, 2.45) is 0 Å². The third-order valence-corrected chi connectivity index (χ3v) is 4.85. The summed E-state index contributed by atoms with van der Waals surface area (Å²) in [7, 11) is 1.73. The Morgan fingerprint density at radius 1 is 1.16 bits per heavy atom. The van der Waals surface area contributed by atoms with Crippen molar-refractivity contribution in [3.05, 3.63) is 35.9 Å². The molecule has 108 valence electrons. The van der Waals surface area contributed by atoms with Gasteiger partial charge < -0.3 is 4.43 Å². The Morgan fingerprint density at radius 2 is 1.68 bits per heavy atom. The van der Waals surface area contributed by atoms with Crippen molar-refractivity contribution < 1.29 is 9.26 Å². The lowest BCUT2D eigenvalue weighted by atomic mass is 10.1. The standard InChI is InChI=1S/C13H21Br2NO2Si/c1-16(17-2)13(12(14)15,18-19(3,4)5)11-9-7-6-8-10-11/h6-10,12H,1-5H3. The third kappa shape index (κ3) is 4.12. The largest absolute Gasteiger partial charge is 0.393 e. The molecule has 1 unspecified atom stereocenters. The van der Waals surface area contributed by atoms with Crippen molar-refractivity contribution in [1.29, 1.82) is 0 Å². The van der Waals surface area contributed by atoms with E-state index in [2.05, 4.69) is 51.5 Å². The number of alkyl halides is 2. The molecule has 1 aromatic rings. The summed E-state index contributed by atoms with van der Waals surface area (Å²) < 4.78 is 6.37. The van der Waals surface area contributed by atoms with E-state index in [0.29, 0.717) is 0 Å². The van der Waals surface area contributed by atoms with E-state index >= 15 is 0 Å². The molecule has 6 heteroatoms. The molecule has 0 bridgehead atoms. The number of hydrogen-bond donors (Lipinski definition) is 0. The monoisotopic (exact) mass is 409 g/mol. The number of nitrogens with zero attached hydrogens (tertiary/aromatic N) is 1. The van der Waals surface area contributed by atoms with Crippen LogP contribution in [0.15, 0.2) is 30.3 Å². The van der Waals surface area contributed by atoms with Crippen LogP contribution in [0.2, 0.25) is 19.6 Å². The van der Waals surface area contributed by atoms with Gasteiger partial charge in [0.15, 0.2) is 14.0 Å². The summed E-state index contributed by atoms with van der Waals surface area (Å²) in [5.41, 5.74) is 0.334. The van der Waals surface area contributed by atoms with Crippen LogP contribution in [0.3, 0.4) is 0 Å². The molecule has 0 aliphatic heterocycles. The van der Waals surface area contributed by atoms with E-state index < -0.39 is 14.0 Å². The molecule has 0 radical (unpaired) electrons.